The lowest BCUT2D eigenvalue weighted by Gasteiger charge is -2.08. The van der Waals surface area contributed by atoms with E-state index in [1.165, 1.54) is 6.20 Å². The number of aromatic nitrogens is 1. The Labute approximate surface area is 127 Å². The molecule has 110 valence electrons. The van der Waals surface area contributed by atoms with Gasteiger partial charge in [-0.2, -0.15) is 0 Å². The Morgan fingerprint density at radius 1 is 1.18 bits per heavy atom. The van der Waals surface area contributed by atoms with Crippen LogP contribution in [0, 0.1) is 17.0 Å². The highest BCUT2D eigenvalue weighted by Crippen LogP contribution is 2.28. The van der Waals surface area contributed by atoms with E-state index in [9.17, 15) is 10.1 Å². The summed E-state index contributed by atoms with van der Waals surface area (Å²) in [6.45, 7) is 2.18. The predicted octanol–water partition coefficient (Wildman–Crippen LogP) is 4.03. The minimum absolute atomic E-state index is 0.0210. The van der Waals surface area contributed by atoms with Gasteiger partial charge in [-0.1, -0.05) is 30.3 Å². The van der Waals surface area contributed by atoms with Crippen molar-refractivity contribution in [2.24, 2.45) is 0 Å². The van der Waals surface area contributed by atoms with Crippen molar-refractivity contribution in [1.29, 1.82) is 0 Å². The number of benzene rings is 2. The molecular weight excluding hydrogens is 280 g/mol. The average molecular weight is 294 g/mol. The zero-order chi connectivity index (χ0) is 15.5. The third kappa shape index (κ3) is 2.74. The zero-order valence-corrected chi connectivity index (χ0v) is 12.0. The summed E-state index contributed by atoms with van der Waals surface area (Å²) in [5.74, 6) is 0.668. The molecule has 3 aromatic rings. The summed E-state index contributed by atoms with van der Waals surface area (Å²) < 4.78 is 5.76. The summed E-state index contributed by atoms with van der Waals surface area (Å²) in [4.78, 5) is 14.7. The van der Waals surface area contributed by atoms with E-state index in [1.54, 1.807) is 13.0 Å². The van der Waals surface area contributed by atoms with Crippen molar-refractivity contribution in [3.63, 3.8) is 0 Å². The third-order valence-corrected chi connectivity index (χ3v) is 3.53. The molecule has 0 N–H and O–H groups in total. The first-order valence-corrected chi connectivity index (χ1v) is 6.85. The van der Waals surface area contributed by atoms with Crippen molar-refractivity contribution in [3.05, 3.63) is 76.0 Å². The molecule has 5 heteroatoms. The minimum Gasteiger partial charge on any atom is -0.489 e. The van der Waals surface area contributed by atoms with E-state index in [1.807, 2.05) is 42.5 Å². The summed E-state index contributed by atoms with van der Waals surface area (Å²) in [7, 11) is 0. The van der Waals surface area contributed by atoms with Crippen LogP contribution in [0.2, 0.25) is 0 Å². The number of aryl methyl sites for hydroxylation is 1. The van der Waals surface area contributed by atoms with Gasteiger partial charge < -0.3 is 4.74 Å². The van der Waals surface area contributed by atoms with Gasteiger partial charge in [-0.05, 0) is 30.7 Å². The van der Waals surface area contributed by atoms with E-state index < -0.39 is 4.92 Å². The van der Waals surface area contributed by atoms with Crippen molar-refractivity contribution in [1.82, 2.24) is 4.98 Å². The molecule has 3 rings (SSSR count). The molecule has 22 heavy (non-hydrogen) atoms. The van der Waals surface area contributed by atoms with Crippen molar-refractivity contribution in [2.45, 2.75) is 13.5 Å². The second kappa shape index (κ2) is 5.81. The molecule has 0 aliphatic carbocycles. The molecule has 5 nitrogen and oxygen atoms in total. The van der Waals surface area contributed by atoms with E-state index in [0.717, 1.165) is 16.5 Å². The molecule has 0 spiro atoms. The summed E-state index contributed by atoms with van der Waals surface area (Å²) in [6, 6.07) is 15.3. The molecule has 0 unspecified atom stereocenters. The predicted molar refractivity (Wildman–Crippen MR) is 83.9 cm³/mol. The van der Waals surface area contributed by atoms with Gasteiger partial charge in [0.1, 0.15) is 18.6 Å². The molecule has 0 fully saturated rings. The summed E-state index contributed by atoms with van der Waals surface area (Å²) in [6.07, 6.45) is 1.29. The molecule has 0 bridgehead atoms. The number of hydrogen-bond donors (Lipinski definition) is 0. The fourth-order valence-corrected chi connectivity index (χ4v) is 2.31. The Balaban J connectivity index is 1.91. The average Bonchev–Trinajstić information content (AvgIpc) is 2.54. The van der Waals surface area contributed by atoms with Crippen LogP contribution < -0.4 is 4.74 Å². The van der Waals surface area contributed by atoms with Crippen molar-refractivity contribution in [3.8, 4) is 5.75 Å². The van der Waals surface area contributed by atoms with Crippen LogP contribution in [0.15, 0.2) is 54.7 Å². The SMILES string of the molecule is Cc1c([N+](=O)[O-])cnc2ccc(OCc3ccccc3)cc12. The van der Waals surface area contributed by atoms with Gasteiger partial charge in [-0.25, -0.2) is 4.98 Å². The topological polar surface area (TPSA) is 65.3 Å². The maximum Gasteiger partial charge on any atom is 0.291 e. The zero-order valence-electron chi connectivity index (χ0n) is 12.0. The Hall–Kier alpha value is -2.95. The highest BCUT2D eigenvalue weighted by molar-refractivity contribution is 5.86. The van der Waals surface area contributed by atoms with E-state index >= 15 is 0 Å². The summed E-state index contributed by atoms with van der Waals surface area (Å²) in [5.41, 5.74) is 2.40. The van der Waals surface area contributed by atoms with Crippen LogP contribution in [-0.2, 0) is 6.61 Å². The highest BCUT2D eigenvalue weighted by atomic mass is 16.6. The van der Waals surface area contributed by atoms with Crippen LogP contribution in [-0.4, -0.2) is 9.91 Å². The molecular formula is C17H14N2O3. The molecule has 0 saturated heterocycles. The molecule has 1 heterocycles. The molecule has 0 aliphatic rings. The number of rotatable bonds is 4. The van der Waals surface area contributed by atoms with Crippen LogP contribution in [0.3, 0.4) is 0 Å². The Morgan fingerprint density at radius 3 is 2.68 bits per heavy atom. The molecule has 0 aliphatic heterocycles. The molecule has 0 radical (unpaired) electrons. The van der Waals surface area contributed by atoms with Gasteiger partial charge in [-0.15, -0.1) is 0 Å². The number of nitro groups is 1. The Kier molecular flexibility index (Phi) is 3.70. The number of pyridine rings is 1. The molecule has 0 atom stereocenters. The monoisotopic (exact) mass is 294 g/mol. The fraction of sp³-hybridized carbons (Fsp3) is 0.118. The highest BCUT2D eigenvalue weighted by Gasteiger charge is 2.14. The van der Waals surface area contributed by atoms with Crippen molar-refractivity contribution in [2.75, 3.05) is 0 Å². The number of ether oxygens (including phenoxy) is 1. The van der Waals surface area contributed by atoms with Gasteiger partial charge in [0.15, 0.2) is 0 Å². The Bertz CT molecular complexity index is 832. The maximum atomic E-state index is 11.0. The fourth-order valence-electron chi connectivity index (χ4n) is 2.31. The quantitative estimate of drug-likeness (QED) is 0.538. The van der Waals surface area contributed by atoms with Crippen LogP contribution in [0.1, 0.15) is 11.1 Å². The number of fused-ring (bicyclic) bond motifs is 1. The van der Waals surface area contributed by atoms with E-state index in [0.29, 0.717) is 17.9 Å². The Morgan fingerprint density at radius 2 is 1.95 bits per heavy atom. The van der Waals surface area contributed by atoms with Crippen LogP contribution in [0.25, 0.3) is 10.9 Å². The van der Waals surface area contributed by atoms with Crippen LogP contribution in [0.5, 0.6) is 5.75 Å². The first-order valence-electron chi connectivity index (χ1n) is 6.85. The van der Waals surface area contributed by atoms with Crippen molar-refractivity contribution >= 4 is 16.6 Å². The standard InChI is InChI=1S/C17H14N2O3/c1-12-15-9-14(22-11-13-5-3-2-4-6-13)7-8-16(15)18-10-17(12)19(20)21/h2-10H,11H2,1H3. The lowest BCUT2D eigenvalue weighted by molar-refractivity contribution is -0.385. The van der Waals surface area contributed by atoms with E-state index in [2.05, 4.69) is 4.98 Å². The normalized spacial score (nSPS) is 10.6. The lowest BCUT2D eigenvalue weighted by Crippen LogP contribution is -1.97. The lowest BCUT2D eigenvalue weighted by atomic mass is 10.1. The minimum atomic E-state index is -0.417. The maximum absolute atomic E-state index is 11.0. The molecule has 0 saturated carbocycles. The molecule has 1 aromatic heterocycles. The number of hydrogen-bond acceptors (Lipinski definition) is 4. The van der Waals surface area contributed by atoms with E-state index in [-0.39, 0.29) is 5.69 Å². The molecule has 2 aromatic carbocycles. The summed E-state index contributed by atoms with van der Waals surface area (Å²) >= 11 is 0. The van der Waals surface area contributed by atoms with Gasteiger partial charge in [0.05, 0.1) is 10.4 Å². The van der Waals surface area contributed by atoms with Crippen molar-refractivity contribution < 1.29 is 9.66 Å². The second-order valence-electron chi connectivity index (χ2n) is 4.98. The smallest absolute Gasteiger partial charge is 0.291 e. The number of nitrogens with zero attached hydrogens (tertiary/aromatic N) is 2. The summed E-state index contributed by atoms with van der Waals surface area (Å²) in [5, 5.41) is 11.7. The van der Waals surface area contributed by atoms with Crippen LogP contribution in [0.4, 0.5) is 5.69 Å². The van der Waals surface area contributed by atoms with Gasteiger partial charge >= 0.3 is 0 Å². The second-order valence-corrected chi connectivity index (χ2v) is 4.98. The van der Waals surface area contributed by atoms with Gasteiger partial charge in [0, 0.05) is 10.9 Å². The largest absolute Gasteiger partial charge is 0.489 e. The van der Waals surface area contributed by atoms with E-state index in [4.69, 9.17) is 4.74 Å². The first kappa shape index (κ1) is 14.0. The molecule has 0 amide bonds. The van der Waals surface area contributed by atoms with Crippen LogP contribution >= 0.6 is 0 Å². The van der Waals surface area contributed by atoms with Gasteiger partial charge in [0.2, 0.25) is 0 Å². The first-order chi connectivity index (χ1) is 10.6. The van der Waals surface area contributed by atoms with Gasteiger partial charge in [0.25, 0.3) is 5.69 Å². The van der Waals surface area contributed by atoms with Gasteiger partial charge in [-0.3, -0.25) is 10.1 Å². The third-order valence-electron chi connectivity index (χ3n) is 3.53.